The Hall–Kier alpha value is -1.79. The number of aromatic nitrogens is 3. The van der Waals surface area contributed by atoms with E-state index in [4.69, 9.17) is 5.84 Å². The molecule has 3 N–H and O–H groups in total. The highest BCUT2D eigenvalue weighted by Gasteiger charge is 2.23. The number of nitrogens with zero attached hydrogens (tertiary/aromatic N) is 3. The Labute approximate surface area is 106 Å². The molecule has 0 fully saturated rings. The molecule has 1 aromatic heterocycles. The van der Waals surface area contributed by atoms with Crippen LogP contribution in [0.3, 0.4) is 0 Å². The van der Waals surface area contributed by atoms with Gasteiger partial charge in [0.15, 0.2) is 5.82 Å². The average molecular weight is 255 g/mol. The van der Waals surface area contributed by atoms with Gasteiger partial charge in [-0.3, -0.25) is 0 Å². The van der Waals surface area contributed by atoms with Gasteiger partial charge in [-0.05, 0) is 27.2 Å². The fourth-order valence-corrected chi connectivity index (χ4v) is 1.63. The van der Waals surface area contributed by atoms with Crippen LogP contribution < -0.4 is 16.8 Å². The van der Waals surface area contributed by atoms with E-state index in [-0.39, 0.29) is 5.54 Å². The van der Waals surface area contributed by atoms with E-state index in [0.29, 0.717) is 5.82 Å². The van der Waals surface area contributed by atoms with E-state index in [1.807, 2.05) is 13.8 Å². The van der Waals surface area contributed by atoms with Gasteiger partial charge >= 0.3 is 11.7 Å². The van der Waals surface area contributed by atoms with E-state index in [1.165, 1.54) is 0 Å². The minimum Gasteiger partial charge on any atom is -0.333 e. The number of nitrogen functional groups attached to an aromatic ring is 1. The molecule has 7 nitrogen and oxygen atoms in total. The third-order valence-electron chi connectivity index (χ3n) is 2.77. The molecule has 18 heavy (non-hydrogen) atoms. The van der Waals surface area contributed by atoms with Gasteiger partial charge in [0.25, 0.3) is 0 Å². The van der Waals surface area contributed by atoms with E-state index in [1.54, 1.807) is 6.92 Å². The first-order valence-corrected chi connectivity index (χ1v) is 6.05. The van der Waals surface area contributed by atoms with Crippen LogP contribution in [0.25, 0.3) is 0 Å². The largest absolute Gasteiger partial charge is 0.373 e. The molecule has 1 heterocycles. The number of rotatable bonds is 4. The van der Waals surface area contributed by atoms with Crippen LogP contribution in [-0.4, -0.2) is 26.0 Å². The lowest BCUT2D eigenvalue weighted by atomic mass is 9.98. The zero-order chi connectivity index (χ0) is 13.9. The molecular formula is C11H21N5O2. The van der Waals surface area contributed by atoms with E-state index >= 15 is 0 Å². The van der Waals surface area contributed by atoms with Gasteiger partial charge in [0, 0.05) is 5.54 Å². The minimum atomic E-state index is -0.642. The van der Waals surface area contributed by atoms with Crippen molar-refractivity contribution >= 4 is 6.03 Å². The molecule has 0 aliphatic rings. The second-order valence-electron chi connectivity index (χ2n) is 5.03. The summed E-state index contributed by atoms with van der Waals surface area (Å²) >= 11 is 0. The minimum absolute atomic E-state index is 0.293. The molecule has 1 rings (SSSR count). The molecule has 0 aliphatic carbocycles. The van der Waals surface area contributed by atoms with Crippen LogP contribution >= 0.6 is 0 Å². The molecule has 1 amide bonds. The molecule has 7 heteroatoms. The van der Waals surface area contributed by atoms with Gasteiger partial charge in [0.2, 0.25) is 0 Å². The first-order valence-electron chi connectivity index (χ1n) is 6.05. The van der Waals surface area contributed by atoms with Crippen LogP contribution in [0.4, 0.5) is 4.79 Å². The van der Waals surface area contributed by atoms with Gasteiger partial charge in [0.1, 0.15) is 0 Å². The van der Waals surface area contributed by atoms with Crippen molar-refractivity contribution in [1.29, 1.82) is 0 Å². The van der Waals surface area contributed by atoms with Gasteiger partial charge in [-0.25, -0.2) is 9.59 Å². The predicted octanol–water partition coefficient (Wildman–Crippen LogP) is 0.594. The Balaban J connectivity index is 2.82. The molecule has 1 aromatic rings. The van der Waals surface area contributed by atoms with Gasteiger partial charge in [-0.15, -0.1) is 9.78 Å². The smallest absolute Gasteiger partial charge is 0.333 e. The Morgan fingerprint density at radius 3 is 2.56 bits per heavy atom. The maximum atomic E-state index is 11.9. The van der Waals surface area contributed by atoms with Crippen molar-refractivity contribution in [3.05, 3.63) is 16.3 Å². The zero-order valence-corrected chi connectivity index (χ0v) is 11.4. The highest BCUT2D eigenvalue weighted by molar-refractivity contribution is 5.76. The van der Waals surface area contributed by atoms with Gasteiger partial charge in [0.05, 0.1) is 0 Å². The molecule has 0 spiro atoms. The first-order chi connectivity index (χ1) is 8.28. The molecule has 0 saturated carbocycles. The van der Waals surface area contributed by atoms with E-state index in [0.717, 1.165) is 28.6 Å². The van der Waals surface area contributed by atoms with Crippen molar-refractivity contribution in [2.24, 2.45) is 0 Å². The summed E-state index contributed by atoms with van der Waals surface area (Å²) in [4.78, 5) is 23.5. The maximum absolute atomic E-state index is 11.9. The number of carbonyl (C=O) groups is 1. The van der Waals surface area contributed by atoms with Crippen molar-refractivity contribution in [3.8, 4) is 0 Å². The number of aryl methyl sites for hydroxylation is 1. The second-order valence-corrected chi connectivity index (χ2v) is 5.03. The lowest BCUT2D eigenvalue weighted by molar-refractivity contribution is 0.225. The Morgan fingerprint density at radius 1 is 1.50 bits per heavy atom. The fraction of sp³-hybridized carbons (Fsp3) is 0.727. The molecule has 0 atom stereocenters. The fourth-order valence-electron chi connectivity index (χ4n) is 1.63. The summed E-state index contributed by atoms with van der Waals surface area (Å²) in [7, 11) is 0. The van der Waals surface area contributed by atoms with Crippen LogP contribution in [0, 0.1) is 6.92 Å². The van der Waals surface area contributed by atoms with Crippen LogP contribution in [0.5, 0.6) is 0 Å². The number of hydrogen-bond acceptors (Lipinski definition) is 4. The Morgan fingerprint density at radius 2 is 2.11 bits per heavy atom. The SMILES string of the molecule is CCCCC(C)(C)NC(=O)n1nc(C)n(N)c1=O. The van der Waals surface area contributed by atoms with E-state index in [9.17, 15) is 9.59 Å². The van der Waals surface area contributed by atoms with Crippen molar-refractivity contribution in [2.75, 3.05) is 5.84 Å². The molecular weight excluding hydrogens is 234 g/mol. The highest BCUT2D eigenvalue weighted by atomic mass is 16.2. The molecule has 0 aliphatic heterocycles. The topological polar surface area (TPSA) is 94.9 Å². The molecule has 0 unspecified atom stereocenters. The number of nitrogens with one attached hydrogen (secondary N) is 1. The Bertz CT molecular complexity index is 486. The average Bonchev–Trinajstić information content (AvgIpc) is 2.54. The van der Waals surface area contributed by atoms with Crippen molar-refractivity contribution in [3.63, 3.8) is 0 Å². The summed E-state index contributed by atoms with van der Waals surface area (Å²) in [5, 5.41) is 6.59. The number of hydrogen-bond donors (Lipinski definition) is 2. The standard InChI is InChI=1S/C11H21N5O2/c1-5-6-7-11(3,4)13-9(17)16-10(18)15(12)8(2)14-16/h5-7,12H2,1-4H3,(H,13,17). The third kappa shape index (κ3) is 3.12. The van der Waals surface area contributed by atoms with E-state index < -0.39 is 11.7 Å². The third-order valence-corrected chi connectivity index (χ3v) is 2.77. The van der Waals surface area contributed by atoms with Crippen LogP contribution in [-0.2, 0) is 0 Å². The normalized spacial score (nSPS) is 11.6. The second kappa shape index (κ2) is 5.24. The lowest BCUT2D eigenvalue weighted by Gasteiger charge is -2.25. The first kappa shape index (κ1) is 14.3. The number of unbranched alkanes of at least 4 members (excludes halogenated alkanes) is 1. The molecule has 0 aromatic carbocycles. The number of amides is 1. The summed E-state index contributed by atoms with van der Waals surface area (Å²) in [6.45, 7) is 7.48. The van der Waals surface area contributed by atoms with Gasteiger partial charge in [-0.1, -0.05) is 19.8 Å². The maximum Gasteiger partial charge on any atom is 0.373 e. The summed E-state index contributed by atoms with van der Waals surface area (Å²) < 4.78 is 1.60. The van der Waals surface area contributed by atoms with E-state index in [2.05, 4.69) is 17.3 Å². The van der Waals surface area contributed by atoms with Crippen molar-refractivity contribution in [1.82, 2.24) is 19.8 Å². The monoisotopic (exact) mass is 255 g/mol. The number of carbonyl (C=O) groups excluding carboxylic acids is 1. The van der Waals surface area contributed by atoms with Gasteiger partial charge < -0.3 is 11.2 Å². The molecule has 0 radical (unpaired) electrons. The summed E-state index contributed by atoms with van der Waals surface area (Å²) in [6, 6.07) is -0.548. The van der Waals surface area contributed by atoms with Gasteiger partial charge in [-0.2, -0.15) is 4.68 Å². The van der Waals surface area contributed by atoms with Crippen LogP contribution in [0.2, 0.25) is 0 Å². The molecule has 102 valence electrons. The molecule has 0 bridgehead atoms. The van der Waals surface area contributed by atoms with Crippen molar-refractivity contribution in [2.45, 2.75) is 52.5 Å². The Kier molecular flexibility index (Phi) is 4.15. The highest BCUT2D eigenvalue weighted by Crippen LogP contribution is 2.12. The van der Waals surface area contributed by atoms with Crippen molar-refractivity contribution < 1.29 is 4.79 Å². The lowest BCUT2D eigenvalue weighted by Crippen LogP contribution is -2.48. The predicted molar refractivity (Wildman–Crippen MR) is 68.9 cm³/mol. The zero-order valence-electron chi connectivity index (χ0n) is 11.4. The van der Waals surface area contributed by atoms with Crippen LogP contribution in [0.1, 0.15) is 45.9 Å². The number of nitrogens with two attached hydrogens (primary N) is 1. The summed E-state index contributed by atoms with van der Waals surface area (Å²) in [5.41, 5.74) is -1.02. The quantitative estimate of drug-likeness (QED) is 0.770. The summed E-state index contributed by atoms with van der Waals surface area (Å²) in [5.74, 6) is 5.72. The van der Waals surface area contributed by atoms with Crippen LogP contribution in [0.15, 0.2) is 4.79 Å². The summed E-state index contributed by atoms with van der Waals surface area (Å²) in [6.07, 6.45) is 2.90. The molecule has 0 saturated heterocycles.